The van der Waals surface area contributed by atoms with E-state index in [2.05, 4.69) is 35.0 Å². The van der Waals surface area contributed by atoms with Crippen molar-refractivity contribution in [3.8, 4) is 5.75 Å². The number of ether oxygens (including phenoxy) is 1. The molecular weight excluding hydrogens is 272 g/mol. The molecule has 3 heterocycles. The summed E-state index contributed by atoms with van der Waals surface area (Å²) in [6.45, 7) is 4.92. The van der Waals surface area contributed by atoms with Gasteiger partial charge in [-0.1, -0.05) is 13.3 Å². The number of nitrogens with zero attached hydrogens (tertiary/aromatic N) is 1. The molecule has 2 aliphatic heterocycles. The first kappa shape index (κ1) is 13.0. The Morgan fingerprint density at radius 1 is 1.36 bits per heavy atom. The second kappa shape index (κ2) is 4.51. The van der Waals surface area contributed by atoms with Gasteiger partial charge in [0.15, 0.2) is 0 Å². The fourth-order valence-electron chi connectivity index (χ4n) is 5.62. The molecule has 1 aromatic carbocycles. The van der Waals surface area contributed by atoms with Crippen molar-refractivity contribution in [2.24, 2.45) is 11.8 Å². The SMILES string of the molecule is CCC1CC2CN3CCc4c([nH]c5ccc(OC)cc45)C2C13. The van der Waals surface area contributed by atoms with Gasteiger partial charge in [0.05, 0.1) is 7.11 Å². The Labute approximate surface area is 131 Å². The number of aromatic amines is 1. The Morgan fingerprint density at radius 2 is 2.27 bits per heavy atom. The molecule has 2 fully saturated rings. The number of benzene rings is 1. The highest BCUT2D eigenvalue weighted by Gasteiger charge is 2.54. The molecule has 5 unspecified atom stereocenters. The fourth-order valence-corrected chi connectivity index (χ4v) is 5.62. The summed E-state index contributed by atoms with van der Waals surface area (Å²) in [5.74, 6) is 3.47. The van der Waals surface area contributed by atoms with Crippen molar-refractivity contribution in [2.75, 3.05) is 20.2 Å². The first-order valence-electron chi connectivity index (χ1n) is 8.72. The number of nitrogens with one attached hydrogen (secondary N) is 1. The van der Waals surface area contributed by atoms with E-state index in [1.54, 1.807) is 18.4 Å². The highest BCUT2D eigenvalue weighted by Crippen LogP contribution is 2.55. The predicted molar refractivity (Wildman–Crippen MR) is 88.5 cm³/mol. The van der Waals surface area contributed by atoms with Crippen LogP contribution >= 0.6 is 0 Å². The van der Waals surface area contributed by atoms with E-state index in [1.807, 2.05) is 0 Å². The lowest BCUT2D eigenvalue weighted by molar-refractivity contribution is 0.156. The zero-order chi connectivity index (χ0) is 14.8. The van der Waals surface area contributed by atoms with E-state index in [4.69, 9.17) is 4.74 Å². The standard InChI is InChI=1S/C19H24N2O/c1-3-11-8-12-10-21-7-6-14-15-9-13(22-2)4-5-16(15)20-18(14)17(12)19(11)21/h4-5,9,11-12,17,19-20H,3,6-8,10H2,1-2H3. The topological polar surface area (TPSA) is 28.3 Å². The van der Waals surface area contributed by atoms with Crippen molar-refractivity contribution in [1.82, 2.24) is 9.88 Å². The van der Waals surface area contributed by atoms with Crippen LogP contribution in [0.15, 0.2) is 18.2 Å². The second-order valence-electron chi connectivity index (χ2n) is 7.35. The predicted octanol–water partition coefficient (Wildman–Crippen LogP) is 3.55. The summed E-state index contributed by atoms with van der Waals surface area (Å²) < 4.78 is 5.44. The fraction of sp³-hybridized carbons (Fsp3) is 0.579. The van der Waals surface area contributed by atoms with Crippen LogP contribution in [0.25, 0.3) is 10.9 Å². The molecule has 0 amide bonds. The minimum Gasteiger partial charge on any atom is -0.497 e. The van der Waals surface area contributed by atoms with Crippen molar-refractivity contribution in [2.45, 2.75) is 38.1 Å². The maximum atomic E-state index is 5.44. The van der Waals surface area contributed by atoms with Gasteiger partial charge in [-0.2, -0.15) is 0 Å². The molecule has 1 saturated carbocycles. The van der Waals surface area contributed by atoms with E-state index >= 15 is 0 Å². The van der Waals surface area contributed by atoms with Crippen LogP contribution in [0.3, 0.4) is 0 Å². The number of hydrogen-bond acceptors (Lipinski definition) is 2. The van der Waals surface area contributed by atoms with Gasteiger partial charge >= 0.3 is 0 Å². The third kappa shape index (κ3) is 1.55. The molecule has 1 aromatic heterocycles. The van der Waals surface area contributed by atoms with Crippen molar-refractivity contribution >= 4 is 10.9 Å². The van der Waals surface area contributed by atoms with Gasteiger partial charge in [0.25, 0.3) is 0 Å². The molecule has 4 bridgehead atoms. The summed E-state index contributed by atoms with van der Waals surface area (Å²) in [5.41, 5.74) is 4.40. The largest absolute Gasteiger partial charge is 0.497 e. The molecule has 2 aromatic rings. The van der Waals surface area contributed by atoms with E-state index in [-0.39, 0.29) is 0 Å². The van der Waals surface area contributed by atoms with Crippen molar-refractivity contribution in [3.05, 3.63) is 29.5 Å². The van der Waals surface area contributed by atoms with Gasteiger partial charge in [-0.3, -0.25) is 4.90 Å². The van der Waals surface area contributed by atoms with Gasteiger partial charge in [0.1, 0.15) is 5.75 Å². The number of aromatic nitrogens is 1. The lowest BCUT2D eigenvalue weighted by Crippen LogP contribution is -2.39. The number of rotatable bonds is 2. The highest BCUT2D eigenvalue weighted by molar-refractivity contribution is 5.86. The second-order valence-corrected chi connectivity index (χ2v) is 7.35. The van der Waals surface area contributed by atoms with Crippen LogP contribution in [0.5, 0.6) is 5.75 Å². The summed E-state index contributed by atoms with van der Waals surface area (Å²) in [7, 11) is 1.76. The van der Waals surface area contributed by atoms with Crippen LogP contribution in [0.2, 0.25) is 0 Å². The van der Waals surface area contributed by atoms with E-state index in [0.717, 1.165) is 29.5 Å². The third-order valence-corrected chi connectivity index (χ3v) is 6.51. The molecule has 3 nitrogen and oxygen atoms in total. The van der Waals surface area contributed by atoms with E-state index in [9.17, 15) is 0 Å². The van der Waals surface area contributed by atoms with E-state index in [1.165, 1.54) is 43.3 Å². The molecule has 5 rings (SSSR count). The Balaban J connectivity index is 1.69. The highest BCUT2D eigenvalue weighted by atomic mass is 16.5. The summed E-state index contributed by atoms with van der Waals surface area (Å²) in [4.78, 5) is 6.58. The molecule has 22 heavy (non-hydrogen) atoms. The molecule has 1 saturated heterocycles. The lowest BCUT2D eigenvalue weighted by atomic mass is 9.91. The smallest absolute Gasteiger partial charge is 0.119 e. The van der Waals surface area contributed by atoms with Crippen molar-refractivity contribution < 1.29 is 4.74 Å². The number of hydrogen-bond donors (Lipinski definition) is 1. The van der Waals surface area contributed by atoms with Crippen molar-refractivity contribution in [3.63, 3.8) is 0 Å². The Kier molecular flexibility index (Phi) is 2.67. The zero-order valence-corrected chi connectivity index (χ0v) is 13.4. The van der Waals surface area contributed by atoms with Gasteiger partial charge in [-0.15, -0.1) is 0 Å². The van der Waals surface area contributed by atoms with Gasteiger partial charge in [-0.25, -0.2) is 0 Å². The van der Waals surface area contributed by atoms with Crippen LogP contribution in [-0.2, 0) is 6.42 Å². The monoisotopic (exact) mass is 296 g/mol. The van der Waals surface area contributed by atoms with Crippen LogP contribution in [0.1, 0.15) is 36.9 Å². The van der Waals surface area contributed by atoms with Crippen LogP contribution < -0.4 is 4.74 Å². The normalized spacial score (nSPS) is 35.6. The summed E-state index contributed by atoms with van der Waals surface area (Å²) >= 11 is 0. The zero-order valence-electron chi connectivity index (χ0n) is 13.4. The third-order valence-electron chi connectivity index (χ3n) is 6.51. The molecule has 1 aliphatic carbocycles. The summed E-state index contributed by atoms with van der Waals surface area (Å²) in [6, 6.07) is 7.27. The molecule has 3 heteroatoms. The average molecular weight is 296 g/mol. The minimum atomic E-state index is 0.737. The molecule has 3 aliphatic rings. The van der Waals surface area contributed by atoms with Gasteiger partial charge < -0.3 is 9.72 Å². The van der Waals surface area contributed by atoms with Gasteiger partial charge in [0, 0.05) is 41.6 Å². The van der Waals surface area contributed by atoms with Crippen LogP contribution in [0.4, 0.5) is 0 Å². The molecule has 0 radical (unpaired) electrons. The molecule has 0 spiro atoms. The number of piperidine rings is 1. The average Bonchev–Trinajstić information content (AvgIpc) is 3.15. The van der Waals surface area contributed by atoms with Gasteiger partial charge in [0.2, 0.25) is 0 Å². The first-order chi connectivity index (χ1) is 10.8. The molecule has 1 N–H and O–H groups in total. The molecular formula is C19H24N2O. The minimum absolute atomic E-state index is 0.737. The number of fused-ring (bicyclic) bond motifs is 3. The summed E-state index contributed by atoms with van der Waals surface area (Å²) in [5, 5.41) is 1.38. The van der Waals surface area contributed by atoms with Crippen LogP contribution in [0, 0.1) is 11.8 Å². The van der Waals surface area contributed by atoms with Gasteiger partial charge in [-0.05, 0) is 48.4 Å². The Bertz CT molecular complexity index is 734. The van der Waals surface area contributed by atoms with Crippen LogP contribution in [-0.4, -0.2) is 36.1 Å². The van der Waals surface area contributed by atoms with Crippen molar-refractivity contribution in [1.29, 1.82) is 0 Å². The number of methoxy groups -OCH3 is 1. The Hall–Kier alpha value is -1.48. The summed E-state index contributed by atoms with van der Waals surface area (Å²) in [6.07, 6.45) is 3.94. The quantitative estimate of drug-likeness (QED) is 0.918. The first-order valence-corrected chi connectivity index (χ1v) is 8.72. The molecule has 116 valence electrons. The lowest BCUT2D eigenvalue weighted by Gasteiger charge is -2.32. The maximum Gasteiger partial charge on any atom is 0.119 e. The maximum absolute atomic E-state index is 5.44. The van der Waals surface area contributed by atoms with E-state index in [0.29, 0.717) is 0 Å². The Morgan fingerprint density at radius 3 is 3.09 bits per heavy atom. The van der Waals surface area contributed by atoms with E-state index < -0.39 is 0 Å². The molecule has 5 atom stereocenters. The number of H-pyrrole nitrogens is 1.